The van der Waals surface area contributed by atoms with Crippen molar-refractivity contribution in [2.45, 2.75) is 90.9 Å². The summed E-state index contributed by atoms with van der Waals surface area (Å²) in [4.78, 5) is 0. The number of benzene rings is 4. The molecule has 0 spiro atoms. The van der Waals surface area contributed by atoms with Crippen LogP contribution in [0.3, 0.4) is 0 Å². The Morgan fingerprint density at radius 3 is 1.64 bits per heavy atom. The molecule has 0 atom stereocenters. The Morgan fingerprint density at radius 1 is 0.640 bits per heavy atom. The number of hydrogen-bond acceptors (Lipinski definition) is 0. The molecular weight excluding hydrogens is 743 g/mol. The summed E-state index contributed by atoms with van der Waals surface area (Å²) in [5.74, 6) is 1.95. The molecule has 0 aromatic heterocycles. The van der Waals surface area contributed by atoms with Crippen molar-refractivity contribution in [1.82, 2.24) is 0 Å². The zero-order valence-corrected chi connectivity index (χ0v) is 36.3. The Bertz CT molecular complexity index is 1840. The van der Waals surface area contributed by atoms with Crippen molar-refractivity contribution in [3.05, 3.63) is 146 Å². The van der Waals surface area contributed by atoms with Crippen LogP contribution in [0, 0.1) is 14.9 Å². The summed E-state index contributed by atoms with van der Waals surface area (Å²) in [5.41, 5.74) is 11.2. The summed E-state index contributed by atoms with van der Waals surface area (Å²) in [5, 5.41) is 5.49. The molecule has 0 bridgehead atoms. The van der Waals surface area contributed by atoms with Crippen molar-refractivity contribution in [3.8, 4) is 22.3 Å². The molecule has 6 aromatic rings. The second kappa shape index (κ2) is 22.0. The minimum absolute atomic E-state index is 0. The van der Waals surface area contributed by atoms with Crippen molar-refractivity contribution >= 4 is 53.2 Å². The molecule has 0 amide bonds. The van der Waals surface area contributed by atoms with Gasteiger partial charge in [0.15, 0.2) is 0 Å². The SMILES string of the molecule is CC(C)c1ccc(-c2cccc3[cH-]c(C(C)C)cc23)cc1.CCc1cc2c(-c3ccc(C4CCCCC4)cc3)cccc2[cH-]1.Cl.Cl.[CH3-].[CH3-].[Si]=[Zr]. The summed E-state index contributed by atoms with van der Waals surface area (Å²) in [6, 6.07) is 41.1. The minimum atomic E-state index is 0. The molecule has 1 fully saturated rings. The second-order valence-corrected chi connectivity index (χ2v) is 13.5. The average molecular weight is 799 g/mol. The quantitative estimate of drug-likeness (QED) is 0.116. The fourth-order valence-electron chi connectivity index (χ4n) is 7.01. The van der Waals surface area contributed by atoms with Gasteiger partial charge in [-0.25, -0.2) is 0 Å². The fraction of sp³-hybridized carbons (Fsp3) is 0.304. The fourth-order valence-corrected chi connectivity index (χ4v) is 7.01. The van der Waals surface area contributed by atoms with Crippen LogP contribution in [-0.2, 0) is 29.8 Å². The Kier molecular flexibility index (Phi) is 20.1. The molecule has 0 aliphatic heterocycles. The Balaban J connectivity index is 0.000000444. The summed E-state index contributed by atoms with van der Waals surface area (Å²) in [6.07, 6.45) is 8.08. The third-order valence-corrected chi connectivity index (χ3v) is 9.85. The molecule has 0 nitrogen and oxygen atoms in total. The van der Waals surface area contributed by atoms with Crippen LogP contribution in [0.1, 0.15) is 107 Å². The Hall–Kier alpha value is -2.22. The molecule has 0 unspecified atom stereocenters. The summed E-state index contributed by atoms with van der Waals surface area (Å²) < 4.78 is 0. The van der Waals surface area contributed by atoms with Gasteiger partial charge in [-0.3, -0.25) is 0 Å². The van der Waals surface area contributed by atoms with E-state index < -0.39 is 0 Å². The molecule has 0 saturated heterocycles. The Morgan fingerprint density at radius 2 is 1.14 bits per heavy atom. The zero-order valence-electron chi connectivity index (χ0n) is 31.2. The van der Waals surface area contributed by atoms with Gasteiger partial charge < -0.3 is 14.9 Å². The van der Waals surface area contributed by atoms with Crippen LogP contribution in [0.5, 0.6) is 0 Å². The van der Waals surface area contributed by atoms with Crippen molar-refractivity contribution in [2.24, 2.45) is 0 Å². The van der Waals surface area contributed by atoms with Crippen molar-refractivity contribution < 1.29 is 23.3 Å². The van der Waals surface area contributed by atoms with E-state index in [9.17, 15) is 0 Å². The molecule has 266 valence electrons. The van der Waals surface area contributed by atoms with Gasteiger partial charge in [-0.1, -0.05) is 126 Å². The van der Waals surface area contributed by atoms with E-state index in [-0.39, 0.29) is 39.7 Å². The van der Waals surface area contributed by atoms with Crippen LogP contribution in [0.25, 0.3) is 43.8 Å². The van der Waals surface area contributed by atoms with Gasteiger partial charge in [0.1, 0.15) is 0 Å². The molecule has 1 aliphatic rings. The predicted octanol–water partition coefficient (Wildman–Crippen LogP) is 14.7. The van der Waals surface area contributed by atoms with E-state index in [1.165, 1.54) is 121 Å². The van der Waals surface area contributed by atoms with Crippen LogP contribution in [0.2, 0.25) is 0 Å². The van der Waals surface area contributed by atoms with Gasteiger partial charge in [-0.15, -0.1) is 93.9 Å². The normalized spacial score (nSPS) is 12.4. The number of fused-ring (bicyclic) bond motifs is 2. The third-order valence-electron chi connectivity index (χ3n) is 9.85. The summed E-state index contributed by atoms with van der Waals surface area (Å²) >= 11 is 1.36. The Labute approximate surface area is 333 Å². The zero-order chi connectivity index (χ0) is 32.6. The number of halogens is 2. The third kappa shape index (κ3) is 10.9. The first-order valence-corrected chi connectivity index (χ1v) is 21.4. The molecule has 0 heterocycles. The first-order chi connectivity index (χ1) is 22.4. The first kappa shape index (κ1) is 45.8. The number of aryl methyl sites for hydroxylation is 1. The molecular formula is C46H56Cl2SiZr-4. The average Bonchev–Trinajstić information content (AvgIpc) is 3.75. The van der Waals surface area contributed by atoms with Gasteiger partial charge in [-0.05, 0) is 59.3 Å². The van der Waals surface area contributed by atoms with E-state index in [4.69, 9.17) is 0 Å². The van der Waals surface area contributed by atoms with Gasteiger partial charge in [0.25, 0.3) is 0 Å². The van der Waals surface area contributed by atoms with Crippen LogP contribution in [0.4, 0.5) is 0 Å². The van der Waals surface area contributed by atoms with Crippen LogP contribution >= 0.6 is 24.8 Å². The topological polar surface area (TPSA) is 0 Å². The van der Waals surface area contributed by atoms with Crippen LogP contribution in [-0.4, -0.2) is 6.88 Å². The molecule has 1 aliphatic carbocycles. The van der Waals surface area contributed by atoms with E-state index in [1.54, 1.807) is 0 Å². The van der Waals surface area contributed by atoms with Crippen molar-refractivity contribution in [2.75, 3.05) is 0 Å². The number of hydrogen-bond donors (Lipinski definition) is 0. The van der Waals surface area contributed by atoms with Crippen molar-refractivity contribution in [1.29, 1.82) is 0 Å². The van der Waals surface area contributed by atoms with Crippen LogP contribution in [0.15, 0.2) is 109 Å². The maximum absolute atomic E-state index is 3.06. The van der Waals surface area contributed by atoms with E-state index in [0.29, 0.717) is 11.8 Å². The van der Waals surface area contributed by atoms with Gasteiger partial charge >= 0.3 is 30.2 Å². The van der Waals surface area contributed by atoms with Gasteiger partial charge in [-0.2, -0.15) is 12.1 Å². The molecule has 50 heavy (non-hydrogen) atoms. The molecule has 6 aromatic carbocycles. The molecule has 7 rings (SSSR count). The summed E-state index contributed by atoms with van der Waals surface area (Å²) in [7, 11) is 0. The molecule has 4 heteroatoms. The molecule has 0 N–H and O–H groups in total. The van der Waals surface area contributed by atoms with E-state index >= 15 is 0 Å². The van der Waals surface area contributed by atoms with E-state index in [2.05, 4.69) is 151 Å². The summed E-state index contributed by atoms with van der Waals surface area (Å²) in [6.45, 7) is 14.3. The van der Waals surface area contributed by atoms with E-state index in [0.717, 1.165) is 12.3 Å². The predicted molar refractivity (Wildman–Crippen MR) is 226 cm³/mol. The molecule has 1 saturated carbocycles. The van der Waals surface area contributed by atoms with Gasteiger partial charge in [0, 0.05) is 0 Å². The molecule has 2 radical (unpaired) electrons. The van der Waals surface area contributed by atoms with Gasteiger partial charge in [0.2, 0.25) is 0 Å². The standard InChI is InChI=1S/C23H25.C21H23.2CH3.2ClH.Si.Zr/c1-2-17-15-21-9-6-10-22(23(21)16-17)20-13-11-19(12-14-20)18-7-4-3-5-8-18;1-14(2)16-8-10-17(11-9-16)20-7-5-6-18-12-19(15(3)4)13-21(18)20;;;;;;/h6,9-16,18H,2-5,7-8H2,1H3;5-15H,1-4H3;2*1H3;2*1H;;/q4*-1;;;;. The second-order valence-electron chi connectivity index (χ2n) is 13.5. The first-order valence-electron chi connectivity index (χ1n) is 17.2. The monoisotopic (exact) mass is 796 g/mol. The van der Waals surface area contributed by atoms with Crippen molar-refractivity contribution in [3.63, 3.8) is 0 Å². The van der Waals surface area contributed by atoms with Crippen LogP contribution < -0.4 is 0 Å². The van der Waals surface area contributed by atoms with Gasteiger partial charge in [0.05, 0.1) is 0 Å². The maximum atomic E-state index is 3.06. The van der Waals surface area contributed by atoms with E-state index in [1.807, 2.05) is 0 Å². The number of rotatable bonds is 6.